The van der Waals surface area contributed by atoms with Crippen LogP contribution in [-0.2, 0) is 0 Å². The van der Waals surface area contributed by atoms with E-state index in [-0.39, 0.29) is 11.3 Å². The third kappa shape index (κ3) is 3.34. The molecule has 8 heteroatoms. The molecule has 0 unspecified atom stereocenters. The van der Waals surface area contributed by atoms with Gasteiger partial charge in [-0.15, -0.1) is 0 Å². The fourth-order valence-electron chi connectivity index (χ4n) is 1.70. The van der Waals surface area contributed by atoms with Gasteiger partial charge in [0.2, 0.25) is 0 Å². The molecule has 21 heavy (non-hydrogen) atoms. The Labute approximate surface area is 127 Å². The van der Waals surface area contributed by atoms with E-state index in [1.54, 1.807) is 19.1 Å². The molecule has 7 nitrogen and oxygen atoms in total. The second-order valence-electron chi connectivity index (χ2n) is 4.24. The minimum absolute atomic E-state index is 0.0548. The second-order valence-corrected chi connectivity index (χ2v) is 5.09. The maximum atomic E-state index is 10.9. The first-order chi connectivity index (χ1) is 9.88. The van der Waals surface area contributed by atoms with E-state index in [9.17, 15) is 14.9 Å². The van der Waals surface area contributed by atoms with Gasteiger partial charge in [-0.3, -0.25) is 10.1 Å². The molecular formula is C13H10BrN3O4. The highest BCUT2D eigenvalue weighted by atomic mass is 79.9. The van der Waals surface area contributed by atoms with Crippen molar-refractivity contribution in [1.82, 2.24) is 4.98 Å². The largest absolute Gasteiger partial charge is 0.478 e. The fraction of sp³-hybridized carbons (Fsp3) is 0.0769. The number of carbonyl (C=O) groups is 1. The van der Waals surface area contributed by atoms with E-state index in [0.29, 0.717) is 21.5 Å². The first kappa shape index (κ1) is 14.9. The summed E-state index contributed by atoms with van der Waals surface area (Å²) >= 11 is 3.27. The van der Waals surface area contributed by atoms with Crippen molar-refractivity contribution in [3.8, 4) is 0 Å². The predicted octanol–water partition coefficient (Wildman–Crippen LogP) is 3.50. The number of hydrogen-bond donors (Lipinski definition) is 2. The van der Waals surface area contributed by atoms with Crippen molar-refractivity contribution in [2.45, 2.75) is 6.92 Å². The quantitative estimate of drug-likeness (QED) is 0.644. The first-order valence-corrected chi connectivity index (χ1v) is 6.58. The van der Waals surface area contributed by atoms with Gasteiger partial charge in [0, 0.05) is 10.0 Å². The van der Waals surface area contributed by atoms with Crippen LogP contribution >= 0.6 is 15.9 Å². The average molecular weight is 352 g/mol. The summed E-state index contributed by atoms with van der Waals surface area (Å²) in [5, 5.41) is 22.6. The summed E-state index contributed by atoms with van der Waals surface area (Å²) in [6.45, 7) is 1.62. The van der Waals surface area contributed by atoms with Crippen molar-refractivity contribution < 1.29 is 14.8 Å². The summed E-state index contributed by atoms with van der Waals surface area (Å²) in [7, 11) is 0. The van der Waals surface area contributed by atoms with E-state index < -0.39 is 10.9 Å². The number of halogens is 1. The van der Waals surface area contributed by atoms with Gasteiger partial charge in [0.15, 0.2) is 0 Å². The average Bonchev–Trinajstić information content (AvgIpc) is 2.40. The van der Waals surface area contributed by atoms with Crippen molar-refractivity contribution in [2.75, 3.05) is 5.32 Å². The van der Waals surface area contributed by atoms with Crippen molar-refractivity contribution in [1.29, 1.82) is 0 Å². The van der Waals surface area contributed by atoms with Crippen LogP contribution in [0.5, 0.6) is 0 Å². The summed E-state index contributed by atoms with van der Waals surface area (Å²) in [5.41, 5.74) is 1.19. The third-order valence-electron chi connectivity index (χ3n) is 2.76. The van der Waals surface area contributed by atoms with Gasteiger partial charge in [0.25, 0.3) is 5.69 Å². The van der Waals surface area contributed by atoms with Crippen molar-refractivity contribution >= 4 is 39.1 Å². The lowest BCUT2D eigenvalue weighted by atomic mass is 10.2. The lowest BCUT2D eigenvalue weighted by Gasteiger charge is -2.09. The number of aromatic carboxylic acids is 1. The molecule has 0 spiro atoms. The van der Waals surface area contributed by atoms with E-state index >= 15 is 0 Å². The topological polar surface area (TPSA) is 105 Å². The predicted molar refractivity (Wildman–Crippen MR) is 80.0 cm³/mol. The highest BCUT2D eigenvalue weighted by Crippen LogP contribution is 2.27. The highest BCUT2D eigenvalue weighted by Gasteiger charge is 2.12. The standard InChI is InChI=1S/C13H10BrN3O4/c1-7-4-12(15-6-11(7)17(20)21)16-10-3-2-8(13(18)19)5-9(10)14/h2-6H,1H3,(H,15,16)(H,18,19). The molecule has 0 aliphatic rings. The van der Waals surface area contributed by atoms with Crippen LogP contribution in [0.2, 0.25) is 0 Å². The molecule has 1 aromatic carbocycles. The summed E-state index contributed by atoms with van der Waals surface area (Å²) in [6.07, 6.45) is 1.18. The Morgan fingerprint density at radius 2 is 2.14 bits per heavy atom. The summed E-state index contributed by atoms with van der Waals surface area (Å²) in [4.78, 5) is 25.0. The minimum Gasteiger partial charge on any atom is -0.478 e. The van der Waals surface area contributed by atoms with Crippen molar-refractivity contribution in [3.05, 3.63) is 56.2 Å². The zero-order valence-electron chi connectivity index (χ0n) is 10.8. The molecule has 0 fully saturated rings. The van der Waals surface area contributed by atoms with Gasteiger partial charge >= 0.3 is 5.97 Å². The van der Waals surface area contributed by atoms with Gasteiger partial charge in [0.1, 0.15) is 12.0 Å². The van der Waals surface area contributed by atoms with Crippen LogP contribution in [0.1, 0.15) is 15.9 Å². The van der Waals surface area contributed by atoms with E-state index in [0.717, 1.165) is 0 Å². The van der Waals surface area contributed by atoms with Crippen molar-refractivity contribution in [2.24, 2.45) is 0 Å². The molecule has 0 amide bonds. The van der Waals surface area contributed by atoms with Gasteiger partial charge in [-0.05, 0) is 47.1 Å². The Morgan fingerprint density at radius 1 is 1.43 bits per heavy atom. The van der Waals surface area contributed by atoms with Gasteiger partial charge < -0.3 is 10.4 Å². The number of nitrogens with one attached hydrogen (secondary N) is 1. The van der Waals surface area contributed by atoms with Gasteiger partial charge in [-0.25, -0.2) is 9.78 Å². The maximum absolute atomic E-state index is 10.9. The lowest BCUT2D eigenvalue weighted by molar-refractivity contribution is -0.385. The summed E-state index contributed by atoms with van der Waals surface area (Å²) < 4.78 is 0.556. The molecule has 1 aromatic heterocycles. The number of carboxylic acids is 1. The van der Waals surface area contributed by atoms with Crippen LogP contribution in [0.3, 0.4) is 0 Å². The number of aryl methyl sites for hydroxylation is 1. The third-order valence-corrected chi connectivity index (χ3v) is 3.41. The zero-order chi connectivity index (χ0) is 15.6. The Bertz CT molecular complexity index is 733. The number of aromatic nitrogens is 1. The molecule has 2 rings (SSSR count). The minimum atomic E-state index is -1.02. The number of pyridine rings is 1. The van der Waals surface area contributed by atoms with Crippen LogP contribution in [0.25, 0.3) is 0 Å². The molecule has 0 saturated carbocycles. The SMILES string of the molecule is Cc1cc(Nc2ccc(C(=O)O)cc2Br)ncc1[N+](=O)[O-]. The first-order valence-electron chi connectivity index (χ1n) is 5.79. The Morgan fingerprint density at radius 3 is 2.67 bits per heavy atom. The molecule has 0 radical (unpaired) electrons. The number of hydrogen-bond acceptors (Lipinski definition) is 5. The number of rotatable bonds is 4. The molecule has 0 aliphatic heterocycles. The Hall–Kier alpha value is -2.48. The summed E-state index contributed by atoms with van der Waals surface area (Å²) in [5.74, 6) is -0.589. The second kappa shape index (κ2) is 5.88. The molecule has 1 heterocycles. The number of anilines is 2. The zero-order valence-corrected chi connectivity index (χ0v) is 12.4. The van der Waals surface area contributed by atoms with E-state index in [1.165, 1.54) is 18.3 Å². The molecule has 2 aromatic rings. The molecule has 2 N–H and O–H groups in total. The Kier molecular flexibility index (Phi) is 4.18. The fourth-order valence-corrected chi connectivity index (χ4v) is 2.17. The molecule has 0 bridgehead atoms. The van der Waals surface area contributed by atoms with Crippen LogP contribution in [0.4, 0.5) is 17.2 Å². The molecule has 108 valence electrons. The Balaban J connectivity index is 2.28. The van der Waals surface area contributed by atoms with Crippen molar-refractivity contribution in [3.63, 3.8) is 0 Å². The lowest BCUT2D eigenvalue weighted by Crippen LogP contribution is -2.00. The molecule has 0 aliphatic carbocycles. The smallest absolute Gasteiger partial charge is 0.335 e. The van der Waals surface area contributed by atoms with Crippen LogP contribution in [-0.4, -0.2) is 21.0 Å². The normalized spacial score (nSPS) is 10.2. The number of benzene rings is 1. The van der Waals surface area contributed by atoms with E-state index in [1.807, 2.05) is 0 Å². The van der Waals surface area contributed by atoms with E-state index in [2.05, 4.69) is 26.2 Å². The van der Waals surface area contributed by atoms with Crippen LogP contribution in [0.15, 0.2) is 34.9 Å². The van der Waals surface area contributed by atoms with E-state index in [4.69, 9.17) is 5.11 Å². The van der Waals surface area contributed by atoms with Gasteiger partial charge in [-0.1, -0.05) is 0 Å². The molecular weight excluding hydrogens is 342 g/mol. The highest BCUT2D eigenvalue weighted by molar-refractivity contribution is 9.10. The molecule has 0 saturated heterocycles. The monoisotopic (exact) mass is 351 g/mol. The van der Waals surface area contributed by atoms with Gasteiger partial charge in [-0.2, -0.15) is 0 Å². The number of carboxylic acid groups (broad SMARTS) is 1. The molecule has 0 atom stereocenters. The van der Waals surface area contributed by atoms with Gasteiger partial charge in [0.05, 0.1) is 16.2 Å². The maximum Gasteiger partial charge on any atom is 0.335 e. The number of nitrogens with zero attached hydrogens (tertiary/aromatic N) is 2. The summed E-state index contributed by atoms with van der Waals surface area (Å²) in [6, 6.07) is 6.05. The van der Waals surface area contributed by atoms with Crippen LogP contribution in [0, 0.1) is 17.0 Å². The van der Waals surface area contributed by atoms with Crippen LogP contribution < -0.4 is 5.32 Å². The number of nitro groups is 1.